The molecule has 0 aromatic heterocycles. The normalized spacial score (nSPS) is 55.6. The average Bonchev–Trinajstić information content (AvgIpc) is 3.81. The standard InChI is InChI=1S/C50H84O23/c1-20(18-65-44-39(61)37(59)34(56)29(15-51)68-44)7-12-50(64)21(2)32-28(73-50)14-26-24-6-5-22-13-23(8-10-48(22,3)25(24)9-11-49(26,32)4)67-46-41(63)42(36(58)31(17-53)70-46)71-47-43(33(55)27(54)19-66-47)72-45-40(62)38(60)35(57)30(16-52)69-45/h20-47,51-64H,5-19H2,1-4H3/t20-,21+,22-,23+,24-,25+,26+,27-,28+,29-,30-,31-,32+,33+,34-,35-,36-,37+,38+,39-,40-,41-,42+,43-,44-,45+,46-,47+,48+,49+,50-/m1/s1. The molecule has 0 unspecified atom stereocenters. The molecular weight excluding hydrogens is 969 g/mol. The Bertz CT molecular complexity index is 1820. The van der Waals surface area contributed by atoms with E-state index in [4.69, 9.17) is 42.6 Å². The first-order valence-electron chi connectivity index (χ1n) is 26.8. The maximum absolute atomic E-state index is 12.1. The van der Waals surface area contributed by atoms with Crippen LogP contribution in [0.15, 0.2) is 0 Å². The van der Waals surface area contributed by atoms with E-state index in [9.17, 15) is 71.5 Å². The minimum Gasteiger partial charge on any atom is -0.394 e. The Morgan fingerprint density at radius 2 is 1.18 bits per heavy atom. The van der Waals surface area contributed by atoms with Crippen molar-refractivity contribution in [2.75, 3.05) is 33.0 Å². The predicted molar refractivity (Wildman–Crippen MR) is 246 cm³/mol. The van der Waals surface area contributed by atoms with Crippen LogP contribution in [0.5, 0.6) is 0 Å². The Hall–Kier alpha value is -0.920. The van der Waals surface area contributed by atoms with Crippen molar-refractivity contribution in [2.24, 2.45) is 52.3 Å². The Morgan fingerprint density at radius 1 is 0.589 bits per heavy atom. The molecule has 31 atom stereocenters. The highest BCUT2D eigenvalue weighted by Crippen LogP contribution is 2.71. The van der Waals surface area contributed by atoms with Gasteiger partial charge in [0.15, 0.2) is 30.9 Å². The highest BCUT2D eigenvalue weighted by atomic mass is 16.8. The Balaban J connectivity index is 0.794. The zero-order valence-corrected chi connectivity index (χ0v) is 42.2. The molecule has 23 heteroatoms. The summed E-state index contributed by atoms with van der Waals surface area (Å²) in [5.41, 5.74) is -0.00532. The zero-order chi connectivity index (χ0) is 52.6. The highest BCUT2D eigenvalue weighted by molar-refractivity contribution is 5.15. The van der Waals surface area contributed by atoms with Crippen molar-refractivity contribution >= 4 is 0 Å². The summed E-state index contributed by atoms with van der Waals surface area (Å²) in [6.07, 6.45) is -21.5. The first-order chi connectivity index (χ1) is 34.6. The smallest absolute Gasteiger partial charge is 0.187 e. The monoisotopic (exact) mass is 1050 g/mol. The molecule has 23 nitrogen and oxygen atoms in total. The van der Waals surface area contributed by atoms with Crippen molar-refractivity contribution < 1.29 is 114 Å². The van der Waals surface area contributed by atoms with E-state index >= 15 is 0 Å². The van der Waals surface area contributed by atoms with Gasteiger partial charge in [0, 0.05) is 12.3 Å². The van der Waals surface area contributed by atoms with Gasteiger partial charge < -0.3 is 114 Å². The Morgan fingerprint density at radius 3 is 1.84 bits per heavy atom. The lowest BCUT2D eigenvalue weighted by atomic mass is 9.44. The number of ether oxygens (including phenoxy) is 9. The summed E-state index contributed by atoms with van der Waals surface area (Å²) in [5, 5.41) is 148. The third-order valence-corrected chi connectivity index (χ3v) is 19.7. The summed E-state index contributed by atoms with van der Waals surface area (Å²) >= 11 is 0. The molecule has 9 fully saturated rings. The number of hydrogen-bond donors (Lipinski definition) is 14. The number of hydrogen-bond acceptors (Lipinski definition) is 23. The molecule has 0 amide bonds. The number of aliphatic hydroxyl groups excluding tert-OH is 13. The second-order valence-corrected chi connectivity index (χ2v) is 23.8. The predicted octanol–water partition coefficient (Wildman–Crippen LogP) is -3.32. The van der Waals surface area contributed by atoms with E-state index in [-0.39, 0.29) is 47.4 Å². The third-order valence-electron chi connectivity index (χ3n) is 19.7. The first-order valence-corrected chi connectivity index (χ1v) is 26.8. The van der Waals surface area contributed by atoms with Gasteiger partial charge >= 0.3 is 0 Å². The summed E-state index contributed by atoms with van der Waals surface area (Å²) in [6.45, 7) is 6.62. The van der Waals surface area contributed by atoms with Gasteiger partial charge in [0.25, 0.3) is 0 Å². The Labute approximate surface area is 425 Å². The Kier molecular flexibility index (Phi) is 17.4. The summed E-state index contributed by atoms with van der Waals surface area (Å²) < 4.78 is 53.5. The number of rotatable bonds is 15. The van der Waals surface area contributed by atoms with Crippen molar-refractivity contribution in [1.82, 2.24) is 0 Å². The molecule has 0 bridgehead atoms. The fraction of sp³-hybridized carbons (Fsp3) is 1.00. The molecule has 9 aliphatic rings. The van der Waals surface area contributed by atoms with Gasteiger partial charge in [0.05, 0.1) is 45.2 Å². The molecule has 422 valence electrons. The second-order valence-electron chi connectivity index (χ2n) is 23.8. The number of fused-ring (bicyclic) bond motifs is 7. The van der Waals surface area contributed by atoms with Crippen LogP contribution in [0.1, 0.15) is 91.9 Å². The zero-order valence-electron chi connectivity index (χ0n) is 42.2. The molecule has 5 saturated heterocycles. The molecule has 9 rings (SSSR count). The van der Waals surface area contributed by atoms with E-state index in [0.29, 0.717) is 49.4 Å². The van der Waals surface area contributed by atoms with Gasteiger partial charge in [-0.2, -0.15) is 0 Å². The van der Waals surface area contributed by atoms with E-state index in [1.807, 2.05) is 6.92 Å². The van der Waals surface area contributed by atoms with E-state index < -0.39 is 149 Å². The minimum absolute atomic E-state index is 0.0179. The minimum atomic E-state index is -1.86. The maximum Gasteiger partial charge on any atom is 0.187 e. The summed E-state index contributed by atoms with van der Waals surface area (Å²) in [7, 11) is 0. The second kappa shape index (κ2) is 22.3. The van der Waals surface area contributed by atoms with Crippen molar-refractivity contribution in [3.05, 3.63) is 0 Å². The molecule has 0 spiro atoms. The number of aliphatic hydroxyl groups is 14. The molecule has 5 heterocycles. The van der Waals surface area contributed by atoms with Crippen LogP contribution in [0.4, 0.5) is 0 Å². The molecule has 0 aromatic rings. The maximum atomic E-state index is 12.1. The van der Waals surface area contributed by atoms with Crippen LogP contribution in [-0.4, -0.2) is 239 Å². The molecule has 14 N–H and O–H groups in total. The molecule has 4 aliphatic carbocycles. The van der Waals surface area contributed by atoms with Gasteiger partial charge in [-0.05, 0) is 104 Å². The summed E-state index contributed by atoms with van der Waals surface area (Å²) in [4.78, 5) is 0. The van der Waals surface area contributed by atoms with Gasteiger partial charge in [-0.3, -0.25) is 0 Å². The van der Waals surface area contributed by atoms with E-state index in [1.165, 1.54) is 0 Å². The van der Waals surface area contributed by atoms with Crippen molar-refractivity contribution in [2.45, 2.75) is 227 Å². The van der Waals surface area contributed by atoms with E-state index in [1.54, 1.807) is 0 Å². The van der Waals surface area contributed by atoms with Gasteiger partial charge in [0.2, 0.25) is 0 Å². The SMILES string of the molecule is C[C@H](CC[C@@]1(O)O[C@H]2C[C@H]3[C@@H]4CC[C@@H]5C[C@@H](O[C@@H]6O[C@H](CO)[C@@H](O)[C@H](O[C@@H]7OC[C@@H](O)[C@H](O)[C@H]7O[C@@H]7O[C@H](CO)[C@@H](O)[C@H](O)[C@H]7O)[C@H]6O)CC[C@]5(C)[C@H]4CC[C@]3(C)[C@H]2[C@@H]1C)CO[C@@H]1O[C@H](CO)[C@@H](O)[C@H](O)[C@H]1O. The van der Waals surface area contributed by atoms with Gasteiger partial charge in [-0.15, -0.1) is 0 Å². The largest absolute Gasteiger partial charge is 0.394 e. The first kappa shape index (κ1) is 56.8. The van der Waals surface area contributed by atoms with Crippen LogP contribution in [0.3, 0.4) is 0 Å². The van der Waals surface area contributed by atoms with Gasteiger partial charge in [-0.25, -0.2) is 0 Å². The summed E-state index contributed by atoms with van der Waals surface area (Å²) in [6, 6.07) is 0. The molecule has 5 aliphatic heterocycles. The molecule has 73 heavy (non-hydrogen) atoms. The quantitative estimate of drug-likeness (QED) is 0.0714. The van der Waals surface area contributed by atoms with E-state index in [0.717, 1.165) is 38.5 Å². The lowest BCUT2D eigenvalue weighted by Gasteiger charge is -2.61. The molecule has 4 saturated carbocycles. The van der Waals surface area contributed by atoms with Gasteiger partial charge in [-0.1, -0.05) is 27.7 Å². The van der Waals surface area contributed by atoms with Crippen LogP contribution in [0, 0.1) is 52.3 Å². The van der Waals surface area contributed by atoms with Crippen LogP contribution < -0.4 is 0 Å². The van der Waals surface area contributed by atoms with Crippen LogP contribution in [0.25, 0.3) is 0 Å². The fourth-order valence-corrected chi connectivity index (χ4v) is 15.4. The molecular formula is C50H84O23. The average molecular weight is 1050 g/mol. The third kappa shape index (κ3) is 10.3. The van der Waals surface area contributed by atoms with Crippen molar-refractivity contribution in [3.8, 4) is 0 Å². The molecule has 0 aromatic carbocycles. The molecule has 0 radical (unpaired) electrons. The van der Waals surface area contributed by atoms with Crippen LogP contribution in [0.2, 0.25) is 0 Å². The van der Waals surface area contributed by atoms with Crippen LogP contribution in [-0.2, 0) is 42.6 Å². The van der Waals surface area contributed by atoms with Crippen molar-refractivity contribution in [1.29, 1.82) is 0 Å². The lowest BCUT2D eigenvalue weighted by molar-refractivity contribution is -0.381. The van der Waals surface area contributed by atoms with Crippen molar-refractivity contribution in [3.63, 3.8) is 0 Å². The summed E-state index contributed by atoms with van der Waals surface area (Å²) in [5.74, 6) is 0.355. The van der Waals surface area contributed by atoms with Crippen LogP contribution >= 0.6 is 0 Å². The fourth-order valence-electron chi connectivity index (χ4n) is 15.4. The highest BCUT2D eigenvalue weighted by Gasteiger charge is 2.68. The lowest BCUT2D eigenvalue weighted by Crippen LogP contribution is -2.65. The van der Waals surface area contributed by atoms with Gasteiger partial charge in [0.1, 0.15) is 91.6 Å². The van der Waals surface area contributed by atoms with E-state index in [2.05, 4.69) is 20.8 Å². The topological polar surface area (TPSA) is 366 Å².